The number of fused-ring (bicyclic) bond motifs is 3. The lowest BCUT2D eigenvalue weighted by molar-refractivity contribution is 0.791. The average Bonchev–Trinajstić information content (AvgIpc) is 2.81. The van der Waals surface area contributed by atoms with E-state index >= 15 is 0 Å². The number of nitrogens with zero attached hydrogens (tertiary/aromatic N) is 2. The second kappa shape index (κ2) is 5.35. The third-order valence-electron chi connectivity index (χ3n) is 3.05. The zero-order valence-electron chi connectivity index (χ0n) is 10.4. The van der Waals surface area contributed by atoms with Gasteiger partial charge in [-0.15, -0.1) is 11.3 Å². The topological polar surface area (TPSA) is 25.8 Å². The molecule has 2 nitrogen and oxygen atoms in total. The Labute approximate surface area is 129 Å². The van der Waals surface area contributed by atoms with Gasteiger partial charge in [0.05, 0.1) is 15.2 Å². The van der Waals surface area contributed by atoms with Gasteiger partial charge >= 0.3 is 0 Å². The molecule has 2 aromatic heterocycles. The van der Waals surface area contributed by atoms with Crippen molar-refractivity contribution in [1.82, 2.24) is 9.97 Å². The Morgan fingerprint density at radius 2 is 2.16 bits per heavy atom. The average molecular weight is 356 g/mol. The standard InChI is InChI=1S/C14H12BrClN2S/c1-2-3-7-10-18-12-13(19-10)11-8(15)5-4-6-9(11)17-14(12)16/h4-6H,2-3,7H2,1H3. The van der Waals surface area contributed by atoms with E-state index in [9.17, 15) is 0 Å². The van der Waals surface area contributed by atoms with Crippen LogP contribution in [-0.4, -0.2) is 9.97 Å². The number of unbranched alkanes of at least 4 members (excludes halogenated alkanes) is 1. The van der Waals surface area contributed by atoms with Crippen molar-refractivity contribution in [3.05, 3.63) is 32.8 Å². The summed E-state index contributed by atoms with van der Waals surface area (Å²) in [6.45, 7) is 2.19. The van der Waals surface area contributed by atoms with E-state index < -0.39 is 0 Å². The molecule has 0 unspecified atom stereocenters. The Morgan fingerprint density at radius 1 is 1.32 bits per heavy atom. The van der Waals surface area contributed by atoms with Crippen molar-refractivity contribution in [3.8, 4) is 0 Å². The Morgan fingerprint density at radius 3 is 2.95 bits per heavy atom. The molecular weight excluding hydrogens is 344 g/mol. The molecule has 0 aliphatic heterocycles. The fourth-order valence-electron chi connectivity index (χ4n) is 2.10. The van der Waals surface area contributed by atoms with Gasteiger partial charge in [0.25, 0.3) is 0 Å². The summed E-state index contributed by atoms with van der Waals surface area (Å²) in [7, 11) is 0. The van der Waals surface area contributed by atoms with Gasteiger partial charge in [0.1, 0.15) is 5.52 Å². The van der Waals surface area contributed by atoms with Crippen molar-refractivity contribution >= 4 is 60.0 Å². The number of pyridine rings is 1. The largest absolute Gasteiger partial charge is 0.238 e. The SMILES string of the molecule is CCCCc1nc2c(Cl)nc3cccc(Br)c3c2s1. The number of rotatable bonds is 3. The van der Waals surface area contributed by atoms with E-state index in [1.165, 1.54) is 6.42 Å². The minimum absolute atomic E-state index is 0.500. The van der Waals surface area contributed by atoms with E-state index in [4.69, 9.17) is 11.6 Å². The number of hydrogen-bond acceptors (Lipinski definition) is 3. The van der Waals surface area contributed by atoms with E-state index in [0.29, 0.717) is 5.15 Å². The van der Waals surface area contributed by atoms with E-state index in [2.05, 4.69) is 32.8 Å². The molecule has 0 N–H and O–H groups in total. The summed E-state index contributed by atoms with van der Waals surface area (Å²) < 4.78 is 2.18. The Bertz CT molecular complexity index is 754. The summed E-state index contributed by atoms with van der Waals surface area (Å²) in [5, 5.41) is 2.76. The molecule has 3 aromatic rings. The predicted octanol–water partition coefficient (Wildman–Crippen LogP) is 5.60. The van der Waals surface area contributed by atoms with Crippen LogP contribution in [0.1, 0.15) is 24.8 Å². The molecule has 19 heavy (non-hydrogen) atoms. The molecule has 0 saturated heterocycles. The maximum Gasteiger partial charge on any atom is 0.156 e. The van der Waals surface area contributed by atoms with Crippen LogP contribution in [0.4, 0.5) is 0 Å². The van der Waals surface area contributed by atoms with Gasteiger partial charge in [-0.2, -0.15) is 0 Å². The first-order chi connectivity index (χ1) is 9.20. The van der Waals surface area contributed by atoms with Crippen molar-refractivity contribution in [1.29, 1.82) is 0 Å². The van der Waals surface area contributed by atoms with Crippen LogP contribution in [0.3, 0.4) is 0 Å². The van der Waals surface area contributed by atoms with Crippen molar-refractivity contribution < 1.29 is 0 Å². The lowest BCUT2D eigenvalue weighted by Gasteiger charge is -2.01. The molecule has 0 bridgehead atoms. The molecule has 2 heterocycles. The zero-order chi connectivity index (χ0) is 13.4. The number of thiazole rings is 1. The first kappa shape index (κ1) is 13.3. The molecular formula is C14H12BrClN2S. The van der Waals surface area contributed by atoms with Crippen LogP contribution in [0.25, 0.3) is 21.1 Å². The molecule has 0 aliphatic rings. The minimum atomic E-state index is 0.500. The molecule has 3 rings (SSSR count). The number of halogens is 2. The normalized spacial score (nSPS) is 11.5. The highest BCUT2D eigenvalue weighted by Gasteiger charge is 2.14. The highest BCUT2D eigenvalue weighted by atomic mass is 79.9. The van der Waals surface area contributed by atoms with E-state index in [1.54, 1.807) is 11.3 Å². The van der Waals surface area contributed by atoms with Crippen LogP contribution in [0.5, 0.6) is 0 Å². The summed E-state index contributed by atoms with van der Waals surface area (Å²) in [5.74, 6) is 0. The van der Waals surface area contributed by atoms with Gasteiger partial charge < -0.3 is 0 Å². The van der Waals surface area contributed by atoms with E-state index in [1.807, 2.05) is 18.2 Å². The molecule has 1 aromatic carbocycles. The highest BCUT2D eigenvalue weighted by Crippen LogP contribution is 2.37. The molecule has 0 aliphatic carbocycles. The molecule has 0 amide bonds. The van der Waals surface area contributed by atoms with Crippen LogP contribution >= 0.6 is 38.9 Å². The van der Waals surface area contributed by atoms with Crippen molar-refractivity contribution in [2.24, 2.45) is 0 Å². The van der Waals surface area contributed by atoms with Crippen LogP contribution in [0.2, 0.25) is 5.15 Å². The fraction of sp³-hybridized carbons (Fsp3) is 0.286. The number of hydrogen-bond donors (Lipinski definition) is 0. The fourth-order valence-corrected chi connectivity index (χ4v) is 4.24. The van der Waals surface area contributed by atoms with Gasteiger partial charge in [0.15, 0.2) is 5.15 Å². The molecule has 0 saturated carbocycles. The lowest BCUT2D eigenvalue weighted by Crippen LogP contribution is -1.84. The lowest BCUT2D eigenvalue weighted by atomic mass is 10.2. The predicted molar refractivity (Wildman–Crippen MR) is 86.2 cm³/mol. The molecule has 0 atom stereocenters. The Kier molecular flexibility index (Phi) is 3.74. The third-order valence-corrected chi connectivity index (χ3v) is 5.11. The van der Waals surface area contributed by atoms with E-state index in [0.717, 1.165) is 43.4 Å². The second-order valence-electron chi connectivity index (χ2n) is 4.43. The zero-order valence-corrected chi connectivity index (χ0v) is 13.6. The van der Waals surface area contributed by atoms with Gasteiger partial charge in [-0.25, -0.2) is 9.97 Å². The molecule has 0 radical (unpaired) electrons. The van der Waals surface area contributed by atoms with Crippen LogP contribution in [0, 0.1) is 0 Å². The first-order valence-electron chi connectivity index (χ1n) is 6.24. The summed E-state index contributed by atoms with van der Waals surface area (Å²) in [6.07, 6.45) is 3.34. The first-order valence-corrected chi connectivity index (χ1v) is 8.22. The number of benzene rings is 1. The number of aryl methyl sites for hydroxylation is 1. The maximum absolute atomic E-state index is 6.25. The van der Waals surface area contributed by atoms with Gasteiger partial charge in [-0.3, -0.25) is 0 Å². The van der Waals surface area contributed by atoms with Crippen LogP contribution < -0.4 is 0 Å². The van der Waals surface area contributed by atoms with Crippen molar-refractivity contribution in [3.63, 3.8) is 0 Å². The molecule has 0 spiro atoms. The minimum Gasteiger partial charge on any atom is -0.238 e. The summed E-state index contributed by atoms with van der Waals surface area (Å²) in [5.41, 5.74) is 1.75. The van der Waals surface area contributed by atoms with Gasteiger partial charge in [0, 0.05) is 9.86 Å². The quantitative estimate of drug-likeness (QED) is 0.571. The monoisotopic (exact) mass is 354 g/mol. The third kappa shape index (κ3) is 2.37. The Hall–Kier alpha value is -0.710. The smallest absolute Gasteiger partial charge is 0.156 e. The maximum atomic E-state index is 6.25. The van der Waals surface area contributed by atoms with Crippen molar-refractivity contribution in [2.75, 3.05) is 0 Å². The van der Waals surface area contributed by atoms with Gasteiger partial charge in [-0.05, 0) is 25.0 Å². The molecule has 0 fully saturated rings. The summed E-state index contributed by atoms with van der Waals surface area (Å²) in [6, 6.07) is 5.99. The van der Waals surface area contributed by atoms with E-state index in [-0.39, 0.29) is 0 Å². The molecule has 5 heteroatoms. The second-order valence-corrected chi connectivity index (χ2v) is 6.72. The highest BCUT2D eigenvalue weighted by molar-refractivity contribution is 9.10. The van der Waals surface area contributed by atoms with Gasteiger partial charge in [0.2, 0.25) is 0 Å². The molecule has 98 valence electrons. The number of aromatic nitrogens is 2. The van der Waals surface area contributed by atoms with Crippen LogP contribution in [0.15, 0.2) is 22.7 Å². The van der Waals surface area contributed by atoms with Crippen molar-refractivity contribution in [2.45, 2.75) is 26.2 Å². The van der Waals surface area contributed by atoms with Crippen LogP contribution in [-0.2, 0) is 6.42 Å². The Balaban J connectivity index is 2.30. The van der Waals surface area contributed by atoms with Gasteiger partial charge in [-0.1, -0.05) is 46.9 Å². The summed E-state index contributed by atoms with van der Waals surface area (Å²) in [4.78, 5) is 9.08. The summed E-state index contributed by atoms with van der Waals surface area (Å²) >= 11 is 11.6.